The lowest BCUT2D eigenvalue weighted by molar-refractivity contribution is -0.127. The van der Waals surface area contributed by atoms with Crippen LogP contribution in [0, 0.1) is 11.8 Å². The summed E-state index contributed by atoms with van der Waals surface area (Å²) < 4.78 is 38.4. The highest BCUT2D eigenvalue weighted by Gasteiger charge is 2.33. The molecule has 1 N–H and O–H groups in total. The fourth-order valence-electron chi connectivity index (χ4n) is 4.26. The Kier molecular flexibility index (Phi) is 6.71. The van der Waals surface area contributed by atoms with Gasteiger partial charge in [0.2, 0.25) is 15.9 Å². The Morgan fingerprint density at radius 3 is 2.31 bits per heavy atom. The molecule has 0 spiro atoms. The average Bonchev–Trinajstić information content (AvgIpc) is 2.82. The van der Waals surface area contributed by atoms with Crippen molar-refractivity contribution >= 4 is 15.9 Å². The van der Waals surface area contributed by atoms with Crippen LogP contribution in [0.2, 0.25) is 0 Å². The van der Waals surface area contributed by atoms with Crippen molar-refractivity contribution in [3.8, 4) is 11.5 Å². The molecule has 2 aliphatic heterocycles. The molecule has 8 heteroatoms. The van der Waals surface area contributed by atoms with Crippen LogP contribution in [0.5, 0.6) is 11.5 Å². The third-order valence-corrected chi connectivity index (χ3v) is 8.01. The number of carbonyl (C=O) groups excluding carboxylic acids is 1. The summed E-state index contributed by atoms with van der Waals surface area (Å²) in [7, 11) is -3.52. The van der Waals surface area contributed by atoms with Gasteiger partial charge in [-0.25, -0.2) is 8.42 Å². The number of hydrogen-bond donors (Lipinski definition) is 1. The number of piperidine rings is 1. The number of hydrogen-bond acceptors (Lipinski definition) is 5. The molecular formula is C24H30N2O5S. The lowest BCUT2D eigenvalue weighted by atomic mass is 9.92. The van der Waals surface area contributed by atoms with E-state index in [2.05, 4.69) is 19.2 Å². The highest BCUT2D eigenvalue weighted by Crippen LogP contribution is 2.35. The third kappa shape index (κ3) is 4.76. The topological polar surface area (TPSA) is 84.9 Å². The van der Waals surface area contributed by atoms with Crippen LogP contribution in [0.15, 0.2) is 53.4 Å². The Morgan fingerprint density at radius 2 is 1.66 bits per heavy atom. The Morgan fingerprint density at radius 1 is 1.00 bits per heavy atom. The average molecular weight is 459 g/mol. The maximum absolute atomic E-state index is 13.1. The predicted molar refractivity (Wildman–Crippen MR) is 121 cm³/mol. The molecule has 1 fully saturated rings. The quantitative estimate of drug-likeness (QED) is 0.717. The van der Waals surface area contributed by atoms with Crippen molar-refractivity contribution in [1.29, 1.82) is 0 Å². The number of nitrogens with one attached hydrogen (secondary N) is 1. The van der Waals surface area contributed by atoms with Gasteiger partial charge >= 0.3 is 0 Å². The minimum atomic E-state index is -3.52. The molecule has 1 atom stereocenters. The van der Waals surface area contributed by atoms with E-state index >= 15 is 0 Å². The molecule has 32 heavy (non-hydrogen) atoms. The van der Waals surface area contributed by atoms with Gasteiger partial charge in [0.15, 0.2) is 11.5 Å². The first-order chi connectivity index (χ1) is 15.4. The summed E-state index contributed by atoms with van der Waals surface area (Å²) >= 11 is 0. The van der Waals surface area contributed by atoms with E-state index in [1.807, 2.05) is 18.2 Å². The molecule has 2 aromatic rings. The molecule has 4 rings (SSSR count). The van der Waals surface area contributed by atoms with E-state index in [1.54, 1.807) is 30.3 Å². The molecule has 2 heterocycles. The summed E-state index contributed by atoms with van der Waals surface area (Å²) in [5, 5.41) is 3.19. The van der Waals surface area contributed by atoms with Crippen LogP contribution in [0.4, 0.5) is 0 Å². The zero-order valence-electron chi connectivity index (χ0n) is 18.5. The van der Waals surface area contributed by atoms with E-state index in [-0.39, 0.29) is 23.8 Å². The predicted octanol–water partition coefficient (Wildman–Crippen LogP) is 3.37. The Bertz CT molecular complexity index is 1050. The lowest BCUT2D eigenvalue weighted by Gasteiger charge is -2.32. The van der Waals surface area contributed by atoms with Gasteiger partial charge in [-0.3, -0.25) is 4.79 Å². The van der Waals surface area contributed by atoms with E-state index in [9.17, 15) is 13.2 Å². The maximum atomic E-state index is 13.1. The fourth-order valence-corrected chi connectivity index (χ4v) is 5.75. The number of sulfonamides is 1. The van der Waals surface area contributed by atoms with Crippen molar-refractivity contribution in [3.63, 3.8) is 0 Å². The van der Waals surface area contributed by atoms with Gasteiger partial charge in [0.25, 0.3) is 0 Å². The van der Waals surface area contributed by atoms with Gasteiger partial charge in [0.05, 0.1) is 10.9 Å². The zero-order chi connectivity index (χ0) is 22.7. The molecular weight excluding hydrogens is 428 g/mol. The zero-order valence-corrected chi connectivity index (χ0v) is 19.3. The van der Waals surface area contributed by atoms with Gasteiger partial charge in [-0.15, -0.1) is 0 Å². The number of carbonyl (C=O) groups is 1. The highest BCUT2D eigenvalue weighted by atomic mass is 32.2. The summed E-state index contributed by atoms with van der Waals surface area (Å²) in [5.74, 6) is 1.36. The van der Waals surface area contributed by atoms with Crippen LogP contribution < -0.4 is 14.8 Å². The largest absolute Gasteiger partial charge is 0.486 e. The third-order valence-electron chi connectivity index (χ3n) is 6.10. The second-order valence-corrected chi connectivity index (χ2v) is 10.6. The van der Waals surface area contributed by atoms with Crippen LogP contribution in [-0.2, 0) is 14.8 Å². The first-order valence-electron chi connectivity index (χ1n) is 11.1. The monoisotopic (exact) mass is 458 g/mol. The summed E-state index contributed by atoms with van der Waals surface area (Å²) in [6.45, 7) is 5.86. The van der Waals surface area contributed by atoms with Crippen molar-refractivity contribution in [1.82, 2.24) is 9.62 Å². The van der Waals surface area contributed by atoms with Crippen LogP contribution in [0.1, 0.15) is 38.3 Å². The number of nitrogens with zero attached hydrogens (tertiary/aromatic N) is 1. The van der Waals surface area contributed by atoms with E-state index in [4.69, 9.17) is 9.47 Å². The first kappa shape index (κ1) is 22.6. The van der Waals surface area contributed by atoms with E-state index in [0.29, 0.717) is 49.8 Å². The van der Waals surface area contributed by atoms with Crippen LogP contribution >= 0.6 is 0 Å². The fraction of sp³-hybridized carbons (Fsp3) is 0.458. The molecule has 2 aliphatic rings. The van der Waals surface area contributed by atoms with Gasteiger partial charge < -0.3 is 14.8 Å². The molecule has 1 saturated heterocycles. The van der Waals surface area contributed by atoms with E-state index < -0.39 is 10.0 Å². The molecule has 0 saturated carbocycles. The Hall–Kier alpha value is -2.58. The van der Waals surface area contributed by atoms with Gasteiger partial charge in [0, 0.05) is 19.0 Å². The molecule has 7 nitrogen and oxygen atoms in total. The van der Waals surface area contributed by atoms with Crippen molar-refractivity contribution in [3.05, 3.63) is 54.1 Å². The minimum Gasteiger partial charge on any atom is -0.486 e. The SMILES string of the molecule is CC(C)[C@@H](NC(=O)C1CCN(S(=O)(=O)c2ccccc2)CC1)c1ccc2c(c1)OCCO2. The maximum Gasteiger partial charge on any atom is 0.243 e. The molecule has 2 aromatic carbocycles. The number of ether oxygens (including phenoxy) is 2. The molecule has 0 bridgehead atoms. The van der Waals surface area contributed by atoms with Crippen molar-refractivity contribution in [2.75, 3.05) is 26.3 Å². The minimum absolute atomic E-state index is 0.0321. The van der Waals surface area contributed by atoms with Crippen molar-refractivity contribution < 1.29 is 22.7 Å². The Balaban J connectivity index is 1.40. The van der Waals surface area contributed by atoms with Gasteiger partial charge in [-0.05, 0) is 48.6 Å². The lowest BCUT2D eigenvalue weighted by Crippen LogP contribution is -2.44. The van der Waals surface area contributed by atoms with Gasteiger partial charge in [-0.1, -0.05) is 38.1 Å². The second-order valence-electron chi connectivity index (χ2n) is 8.62. The molecule has 0 aromatic heterocycles. The van der Waals surface area contributed by atoms with Gasteiger partial charge in [-0.2, -0.15) is 4.31 Å². The van der Waals surface area contributed by atoms with Crippen LogP contribution in [-0.4, -0.2) is 44.9 Å². The standard InChI is InChI=1S/C24H30N2O5S/c1-17(2)23(19-8-9-21-22(16-19)31-15-14-30-21)25-24(27)18-10-12-26(13-11-18)32(28,29)20-6-4-3-5-7-20/h3-9,16-18,23H,10-15H2,1-2H3,(H,25,27)/t23-/m1/s1. The molecule has 0 unspecified atom stereocenters. The summed E-state index contributed by atoms with van der Waals surface area (Å²) in [5.41, 5.74) is 0.974. The van der Waals surface area contributed by atoms with Crippen LogP contribution in [0.3, 0.4) is 0 Å². The molecule has 1 amide bonds. The second kappa shape index (κ2) is 9.50. The summed E-state index contributed by atoms with van der Waals surface area (Å²) in [4.78, 5) is 13.4. The van der Waals surface area contributed by atoms with Crippen LogP contribution in [0.25, 0.3) is 0 Å². The van der Waals surface area contributed by atoms with E-state index in [1.165, 1.54) is 4.31 Å². The smallest absolute Gasteiger partial charge is 0.243 e. The molecule has 172 valence electrons. The van der Waals surface area contributed by atoms with Crippen molar-refractivity contribution in [2.24, 2.45) is 11.8 Å². The number of fused-ring (bicyclic) bond motifs is 1. The summed E-state index contributed by atoms with van der Waals surface area (Å²) in [6.07, 6.45) is 1.01. The normalized spacial score (nSPS) is 18.3. The molecule has 0 radical (unpaired) electrons. The van der Waals surface area contributed by atoms with Gasteiger partial charge in [0.1, 0.15) is 13.2 Å². The number of benzene rings is 2. The van der Waals surface area contributed by atoms with E-state index in [0.717, 1.165) is 11.3 Å². The first-order valence-corrected chi connectivity index (χ1v) is 12.6. The Labute approximate surface area is 189 Å². The number of rotatable bonds is 6. The number of amides is 1. The van der Waals surface area contributed by atoms with Crippen molar-refractivity contribution in [2.45, 2.75) is 37.6 Å². The molecule has 0 aliphatic carbocycles. The summed E-state index contributed by atoms with van der Waals surface area (Å²) in [6, 6.07) is 14.1. The highest BCUT2D eigenvalue weighted by molar-refractivity contribution is 7.89.